The van der Waals surface area contributed by atoms with Gasteiger partial charge >= 0.3 is 0 Å². The molecule has 1 fully saturated rings. The molecule has 0 spiro atoms. The number of carbonyl (C=O) groups excluding carboxylic acids is 3. The van der Waals surface area contributed by atoms with Gasteiger partial charge in [0.25, 0.3) is 11.8 Å². The molecular weight excluding hydrogens is 390 g/mol. The summed E-state index contributed by atoms with van der Waals surface area (Å²) < 4.78 is 0. The Balaban J connectivity index is 1.69. The zero-order chi connectivity index (χ0) is 21.0. The van der Waals surface area contributed by atoms with E-state index in [0.29, 0.717) is 21.8 Å². The first kappa shape index (κ1) is 20.9. The zero-order valence-corrected chi connectivity index (χ0v) is 17.1. The molecule has 7 heteroatoms. The van der Waals surface area contributed by atoms with Gasteiger partial charge in [0.05, 0.1) is 10.6 Å². The Kier molecular flexibility index (Phi) is 6.54. The largest absolute Gasteiger partial charge is 0.349 e. The van der Waals surface area contributed by atoms with E-state index in [2.05, 4.69) is 16.0 Å². The number of hydrogen-bond donors (Lipinski definition) is 3. The average Bonchev–Trinajstić information content (AvgIpc) is 3.50. The number of anilines is 1. The van der Waals surface area contributed by atoms with E-state index in [-0.39, 0.29) is 23.8 Å². The molecule has 3 N–H and O–H groups in total. The summed E-state index contributed by atoms with van der Waals surface area (Å²) in [5.74, 6) is -1.08. The highest BCUT2D eigenvalue weighted by atomic mass is 35.5. The summed E-state index contributed by atoms with van der Waals surface area (Å²) in [7, 11) is 0. The number of carbonyl (C=O) groups is 3. The lowest BCUT2D eigenvalue weighted by molar-refractivity contribution is -0.118. The van der Waals surface area contributed by atoms with Gasteiger partial charge in [0.1, 0.15) is 6.04 Å². The molecule has 1 aliphatic carbocycles. The molecule has 2 aromatic carbocycles. The van der Waals surface area contributed by atoms with Crippen LogP contribution in [-0.4, -0.2) is 29.8 Å². The van der Waals surface area contributed by atoms with Crippen LogP contribution in [0.15, 0.2) is 48.5 Å². The number of amides is 3. The molecule has 6 nitrogen and oxygen atoms in total. The average molecular weight is 414 g/mol. The van der Waals surface area contributed by atoms with Crippen molar-refractivity contribution >= 4 is 35.0 Å². The van der Waals surface area contributed by atoms with Crippen molar-refractivity contribution < 1.29 is 14.4 Å². The lowest BCUT2D eigenvalue weighted by Crippen LogP contribution is -2.47. The predicted octanol–water partition coefficient (Wildman–Crippen LogP) is 3.63. The Morgan fingerprint density at radius 1 is 1.00 bits per heavy atom. The van der Waals surface area contributed by atoms with Crippen LogP contribution in [-0.2, 0) is 4.79 Å². The molecule has 0 radical (unpaired) electrons. The van der Waals surface area contributed by atoms with Crippen LogP contribution in [0.1, 0.15) is 47.4 Å². The fourth-order valence-electron chi connectivity index (χ4n) is 2.85. The molecule has 2 aromatic rings. The molecule has 0 aromatic heterocycles. The van der Waals surface area contributed by atoms with Crippen molar-refractivity contribution in [2.24, 2.45) is 5.92 Å². The Bertz CT molecular complexity index is 925. The minimum Gasteiger partial charge on any atom is -0.349 e. The number of hydrogen-bond acceptors (Lipinski definition) is 3. The van der Waals surface area contributed by atoms with Gasteiger partial charge in [-0.3, -0.25) is 14.4 Å². The standard InChI is InChI=1S/C22H24ClN3O3/c1-13(2)19(26-21(28)17-8-3-4-9-18(17)23)22(29)25-16-7-5-6-14(12-16)20(27)24-15-10-11-15/h3-9,12-13,15,19H,10-11H2,1-2H3,(H,24,27)(H,25,29)(H,26,28)/t19-/m1/s1. The van der Waals surface area contributed by atoms with Crippen molar-refractivity contribution in [3.8, 4) is 0 Å². The second kappa shape index (κ2) is 9.09. The Hall–Kier alpha value is -2.86. The van der Waals surface area contributed by atoms with Crippen molar-refractivity contribution in [2.75, 3.05) is 5.32 Å². The van der Waals surface area contributed by atoms with E-state index in [1.165, 1.54) is 0 Å². The molecule has 0 unspecified atom stereocenters. The van der Waals surface area contributed by atoms with Gasteiger partial charge in [-0.1, -0.05) is 43.6 Å². The summed E-state index contributed by atoms with van der Waals surface area (Å²) in [5.41, 5.74) is 1.29. The van der Waals surface area contributed by atoms with Gasteiger partial charge in [-0.15, -0.1) is 0 Å². The van der Waals surface area contributed by atoms with Crippen LogP contribution < -0.4 is 16.0 Å². The van der Waals surface area contributed by atoms with E-state index < -0.39 is 11.9 Å². The van der Waals surface area contributed by atoms with Crippen molar-refractivity contribution in [3.63, 3.8) is 0 Å². The zero-order valence-electron chi connectivity index (χ0n) is 16.4. The van der Waals surface area contributed by atoms with Gasteiger partial charge in [0.15, 0.2) is 0 Å². The van der Waals surface area contributed by atoms with E-state index in [1.54, 1.807) is 48.5 Å². The molecule has 1 atom stereocenters. The van der Waals surface area contributed by atoms with Crippen LogP contribution in [0.25, 0.3) is 0 Å². The molecule has 1 saturated carbocycles. The monoisotopic (exact) mass is 413 g/mol. The smallest absolute Gasteiger partial charge is 0.253 e. The van der Waals surface area contributed by atoms with Gasteiger partial charge in [-0.05, 0) is 49.1 Å². The molecule has 29 heavy (non-hydrogen) atoms. The van der Waals surface area contributed by atoms with Gasteiger partial charge in [0.2, 0.25) is 5.91 Å². The topological polar surface area (TPSA) is 87.3 Å². The quantitative estimate of drug-likeness (QED) is 0.647. The van der Waals surface area contributed by atoms with Gasteiger partial charge in [0, 0.05) is 17.3 Å². The maximum Gasteiger partial charge on any atom is 0.253 e. The second-order valence-corrected chi connectivity index (χ2v) is 7.90. The molecule has 3 rings (SSSR count). The highest BCUT2D eigenvalue weighted by Crippen LogP contribution is 2.20. The molecular formula is C22H24ClN3O3. The molecule has 0 heterocycles. The second-order valence-electron chi connectivity index (χ2n) is 7.49. The first-order chi connectivity index (χ1) is 13.8. The highest BCUT2D eigenvalue weighted by molar-refractivity contribution is 6.33. The molecule has 152 valence electrons. The summed E-state index contributed by atoms with van der Waals surface area (Å²) in [6.07, 6.45) is 2.01. The van der Waals surface area contributed by atoms with Gasteiger partial charge < -0.3 is 16.0 Å². The molecule has 1 aliphatic rings. The minimum atomic E-state index is -0.761. The maximum atomic E-state index is 12.8. The van der Waals surface area contributed by atoms with Gasteiger partial charge in [-0.25, -0.2) is 0 Å². The number of benzene rings is 2. The predicted molar refractivity (Wildman–Crippen MR) is 113 cm³/mol. The molecule has 0 bridgehead atoms. The third-order valence-electron chi connectivity index (χ3n) is 4.66. The molecule has 0 saturated heterocycles. The summed E-state index contributed by atoms with van der Waals surface area (Å²) in [6.45, 7) is 3.69. The van der Waals surface area contributed by atoms with Crippen LogP contribution in [0.3, 0.4) is 0 Å². The summed E-state index contributed by atoms with van der Waals surface area (Å²) in [4.78, 5) is 37.6. The number of halogens is 1. The van der Waals surface area contributed by atoms with Crippen LogP contribution in [0.4, 0.5) is 5.69 Å². The first-order valence-electron chi connectivity index (χ1n) is 9.62. The fraction of sp³-hybridized carbons (Fsp3) is 0.318. The van der Waals surface area contributed by atoms with Gasteiger partial charge in [-0.2, -0.15) is 0 Å². The summed E-state index contributed by atoms with van der Waals surface area (Å²) in [5, 5.41) is 8.78. The lowest BCUT2D eigenvalue weighted by Gasteiger charge is -2.22. The SMILES string of the molecule is CC(C)[C@@H](NC(=O)c1ccccc1Cl)C(=O)Nc1cccc(C(=O)NC2CC2)c1. The highest BCUT2D eigenvalue weighted by Gasteiger charge is 2.26. The number of rotatable bonds is 7. The maximum absolute atomic E-state index is 12.8. The summed E-state index contributed by atoms with van der Waals surface area (Å²) in [6, 6.07) is 12.9. The Morgan fingerprint density at radius 3 is 2.38 bits per heavy atom. The minimum absolute atomic E-state index is 0.150. The van der Waals surface area contributed by atoms with E-state index in [9.17, 15) is 14.4 Å². The van der Waals surface area contributed by atoms with Crippen molar-refractivity contribution in [3.05, 3.63) is 64.7 Å². The summed E-state index contributed by atoms with van der Waals surface area (Å²) >= 11 is 6.08. The van der Waals surface area contributed by atoms with Crippen LogP contribution in [0, 0.1) is 5.92 Å². The van der Waals surface area contributed by atoms with Crippen LogP contribution in [0.2, 0.25) is 5.02 Å². The number of nitrogens with one attached hydrogen (secondary N) is 3. The van der Waals surface area contributed by atoms with Crippen LogP contribution >= 0.6 is 11.6 Å². The Morgan fingerprint density at radius 2 is 1.72 bits per heavy atom. The van der Waals surface area contributed by atoms with E-state index in [4.69, 9.17) is 11.6 Å². The van der Waals surface area contributed by atoms with Crippen LogP contribution in [0.5, 0.6) is 0 Å². The lowest BCUT2D eigenvalue weighted by atomic mass is 10.0. The van der Waals surface area contributed by atoms with Crippen molar-refractivity contribution in [2.45, 2.75) is 38.8 Å². The third kappa shape index (κ3) is 5.57. The first-order valence-corrected chi connectivity index (χ1v) is 10.00. The fourth-order valence-corrected chi connectivity index (χ4v) is 3.08. The van der Waals surface area contributed by atoms with Crippen molar-refractivity contribution in [1.29, 1.82) is 0 Å². The Labute approximate surface area is 175 Å². The molecule has 0 aliphatic heterocycles. The van der Waals surface area contributed by atoms with Crippen molar-refractivity contribution in [1.82, 2.24) is 10.6 Å². The normalized spacial score (nSPS) is 14.2. The third-order valence-corrected chi connectivity index (χ3v) is 4.99. The van der Waals surface area contributed by atoms with E-state index in [1.807, 2.05) is 13.8 Å². The van der Waals surface area contributed by atoms with E-state index in [0.717, 1.165) is 12.8 Å². The van der Waals surface area contributed by atoms with E-state index >= 15 is 0 Å². The molecule has 3 amide bonds.